The van der Waals surface area contributed by atoms with Crippen LogP contribution in [0.4, 0.5) is 0 Å². The van der Waals surface area contributed by atoms with Crippen molar-refractivity contribution >= 4 is 0 Å². The van der Waals surface area contributed by atoms with Crippen LogP contribution in [0.15, 0.2) is 71.3 Å². The zero-order chi connectivity index (χ0) is 15.9. The molecule has 1 aliphatic rings. The van der Waals surface area contributed by atoms with Crippen LogP contribution in [0.1, 0.15) is 11.3 Å². The molecule has 2 heterocycles. The summed E-state index contributed by atoms with van der Waals surface area (Å²) < 4.78 is 5.59. The first-order chi connectivity index (χ1) is 11.9. The van der Waals surface area contributed by atoms with Gasteiger partial charge in [0, 0.05) is 22.9 Å². The molecular formula is C21H16N2O. The van der Waals surface area contributed by atoms with Gasteiger partial charge < -0.3 is 9.51 Å². The third kappa shape index (κ3) is 2.09. The molecule has 1 aliphatic carbocycles. The van der Waals surface area contributed by atoms with Gasteiger partial charge in [0.15, 0.2) is 5.76 Å². The molecule has 1 N–H and O–H groups in total. The number of hydrogen-bond donors (Lipinski definition) is 1. The van der Waals surface area contributed by atoms with Crippen LogP contribution < -0.4 is 0 Å². The summed E-state index contributed by atoms with van der Waals surface area (Å²) >= 11 is 0. The van der Waals surface area contributed by atoms with Gasteiger partial charge in [0.05, 0.1) is 5.69 Å². The first-order valence-electron chi connectivity index (χ1n) is 8.21. The summed E-state index contributed by atoms with van der Waals surface area (Å²) in [4.78, 5) is 3.52. The average Bonchev–Trinajstić information content (AvgIpc) is 3.29. The number of fused-ring (bicyclic) bond motifs is 3. The molecule has 0 saturated heterocycles. The number of benzene rings is 2. The van der Waals surface area contributed by atoms with E-state index in [1.54, 1.807) is 0 Å². The van der Waals surface area contributed by atoms with E-state index in [1.807, 2.05) is 36.4 Å². The Balaban J connectivity index is 1.56. The number of aryl methyl sites for hydroxylation is 2. The molecule has 3 nitrogen and oxygen atoms in total. The van der Waals surface area contributed by atoms with E-state index < -0.39 is 0 Å². The maximum atomic E-state index is 5.59. The van der Waals surface area contributed by atoms with Gasteiger partial charge in [0.2, 0.25) is 0 Å². The molecule has 24 heavy (non-hydrogen) atoms. The van der Waals surface area contributed by atoms with Crippen molar-refractivity contribution < 1.29 is 4.52 Å². The highest BCUT2D eigenvalue weighted by atomic mass is 16.5. The van der Waals surface area contributed by atoms with E-state index in [0.29, 0.717) is 0 Å². The Bertz CT molecular complexity index is 1010. The summed E-state index contributed by atoms with van der Waals surface area (Å²) in [5.74, 6) is 0.778. The standard InChI is InChI=1S/C21H16N2O/c1-2-7-15(8-3-1)19-13-21(24-23-19)20-12-17-16-9-5-4-6-14(16)10-11-18(17)22-20/h1-9,12-13,22H,10-11H2. The molecule has 4 aromatic rings. The zero-order valence-electron chi connectivity index (χ0n) is 13.1. The van der Waals surface area contributed by atoms with Crippen molar-refractivity contribution in [3.05, 3.63) is 78.0 Å². The predicted molar refractivity (Wildman–Crippen MR) is 94.6 cm³/mol. The largest absolute Gasteiger partial charge is 0.355 e. The van der Waals surface area contributed by atoms with E-state index >= 15 is 0 Å². The molecule has 116 valence electrons. The van der Waals surface area contributed by atoms with Crippen LogP contribution in [0.25, 0.3) is 33.8 Å². The fourth-order valence-electron chi connectivity index (χ4n) is 3.48. The SMILES string of the molecule is c1ccc(-c2cc(-c3cc4c([nH]3)CCc3ccccc3-4)on2)cc1. The Morgan fingerprint density at radius 3 is 2.58 bits per heavy atom. The summed E-state index contributed by atoms with van der Waals surface area (Å²) in [6.45, 7) is 0. The topological polar surface area (TPSA) is 41.8 Å². The van der Waals surface area contributed by atoms with Gasteiger partial charge in [-0.3, -0.25) is 0 Å². The summed E-state index contributed by atoms with van der Waals surface area (Å²) in [5.41, 5.74) is 8.21. The Morgan fingerprint density at radius 1 is 0.833 bits per heavy atom. The van der Waals surface area contributed by atoms with Crippen molar-refractivity contribution in [2.24, 2.45) is 0 Å². The number of aromatic amines is 1. The fraction of sp³-hybridized carbons (Fsp3) is 0.0952. The smallest absolute Gasteiger partial charge is 0.183 e. The highest BCUT2D eigenvalue weighted by Crippen LogP contribution is 2.37. The van der Waals surface area contributed by atoms with Gasteiger partial charge in [-0.25, -0.2) is 0 Å². The zero-order valence-corrected chi connectivity index (χ0v) is 13.1. The second kappa shape index (κ2) is 5.24. The van der Waals surface area contributed by atoms with Crippen LogP contribution >= 0.6 is 0 Å². The summed E-state index contributed by atoms with van der Waals surface area (Å²) in [7, 11) is 0. The fourth-order valence-corrected chi connectivity index (χ4v) is 3.48. The van der Waals surface area contributed by atoms with Gasteiger partial charge in [-0.1, -0.05) is 59.8 Å². The van der Waals surface area contributed by atoms with Gasteiger partial charge in [-0.15, -0.1) is 0 Å². The highest BCUT2D eigenvalue weighted by molar-refractivity contribution is 5.77. The van der Waals surface area contributed by atoms with Crippen LogP contribution in [0.5, 0.6) is 0 Å². The summed E-state index contributed by atoms with van der Waals surface area (Å²) in [6.07, 6.45) is 2.11. The molecule has 0 spiro atoms. The van der Waals surface area contributed by atoms with Crippen LogP contribution in [-0.4, -0.2) is 10.1 Å². The van der Waals surface area contributed by atoms with Gasteiger partial charge in [-0.2, -0.15) is 0 Å². The molecule has 0 saturated carbocycles. The second-order valence-corrected chi connectivity index (χ2v) is 6.17. The number of H-pyrrole nitrogens is 1. The van der Waals surface area contributed by atoms with E-state index in [0.717, 1.165) is 35.6 Å². The number of rotatable bonds is 2. The number of nitrogens with zero attached hydrogens (tertiary/aromatic N) is 1. The lowest BCUT2D eigenvalue weighted by atomic mass is 9.90. The van der Waals surface area contributed by atoms with Crippen molar-refractivity contribution in [2.75, 3.05) is 0 Å². The monoisotopic (exact) mass is 312 g/mol. The van der Waals surface area contributed by atoms with Crippen molar-refractivity contribution in [3.63, 3.8) is 0 Å². The lowest BCUT2D eigenvalue weighted by Crippen LogP contribution is -2.02. The molecule has 5 rings (SSSR count). The van der Waals surface area contributed by atoms with Crippen LogP contribution in [0.2, 0.25) is 0 Å². The Hall–Kier alpha value is -3.07. The molecule has 0 bridgehead atoms. The maximum Gasteiger partial charge on any atom is 0.183 e. The van der Waals surface area contributed by atoms with E-state index in [-0.39, 0.29) is 0 Å². The number of nitrogens with one attached hydrogen (secondary N) is 1. The Morgan fingerprint density at radius 2 is 1.67 bits per heavy atom. The minimum Gasteiger partial charge on any atom is -0.355 e. The molecule has 0 aliphatic heterocycles. The minimum atomic E-state index is 0.778. The third-order valence-corrected chi connectivity index (χ3v) is 4.70. The van der Waals surface area contributed by atoms with Gasteiger partial charge >= 0.3 is 0 Å². The molecule has 2 aromatic carbocycles. The molecule has 0 radical (unpaired) electrons. The molecule has 0 amide bonds. The predicted octanol–water partition coefficient (Wildman–Crippen LogP) is 5.10. The van der Waals surface area contributed by atoms with Gasteiger partial charge in [0.1, 0.15) is 5.69 Å². The minimum absolute atomic E-state index is 0.778. The molecule has 0 fully saturated rings. The van der Waals surface area contributed by atoms with Crippen LogP contribution in [0, 0.1) is 0 Å². The van der Waals surface area contributed by atoms with Crippen LogP contribution in [0.3, 0.4) is 0 Å². The number of aromatic nitrogens is 2. The van der Waals surface area contributed by atoms with Gasteiger partial charge in [0.25, 0.3) is 0 Å². The van der Waals surface area contributed by atoms with E-state index in [2.05, 4.69) is 40.5 Å². The van der Waals surface area contributed by atoms with E-state index in [9.17, 15) is 0 Å². The second-order valence-electron chi connectivity index (χ2n) is 6.17. The summed E-state index contributed by atoms with van der Waals surface area (Å²) in [5, 5.41) is 4.22. The maximum absolute atomic E-state index is 5.59. The lowest BCUT2D eigenvalue weighted by Gasteiger charge is -2.15. The quantitative estimate of drug-likeness (QED) is 0.559. The normalized spacial score (nSPS) is 12.7. The number of hydrogen-bond acceptors (Lipinski definition) is 2. The van der Waals surface area contributed by atoms with Crippen molar-refractivity contribution in [3.8, 4) is 33.8 Å². The molecule has 2 aromatic heterocycles. The first-order valence-corrected chi connectivity index (χ1v) is 8.21. The Labute approximate surface area is 140 Å². The van der Waals surface area contributed by atoms with Crippen molar-refractivity contribution in [1.29, 1.82) is 0 Å². The highest BCUT2D eigenvalue weighted by Gasteiger charge is 2.20. The summed E-state index contributed by atoms with van der Waals surface area (Å²) in [6, 6.07) is 22.9. The molecule has 3 heteroatoms. The van der Waals surface area contributed by atoms with Crippen LogP contribution in [-0.2, 0) is 12.8 Å². The molecule has 0 unspecified atom stereocenters. The third-order valence-electron chi connectivity index (χ3n) is 4.70. The van der Waals surface area contributed by atoms with Crippen molar-refractivity contribution in [1.82, 2.24) is 10.1 Å². The molecular weight excluding hydrogens is 296 g/mol. The van der Waals surface area contributed by atoms with E-state index in [1.165, 1.54) is 22.4 Å². The first kappa shape index (κ1) is 13.4. The average molecular weight is 312 g/mol. The van der Waals surface area contributed by atoms with Gasteiger partial charge in [-0.05, 0) is 30.0 Å². The lowest BCUT2D eigenvalue weighted by molar-refractivity contribution is 0.434. The van der Waals surface area contributed by atoms with Crippen molar-refractivity contribution in [2.45, 2.75) is 12.8 Å². The van der Waals surface area contributed by atoms with E-state index in [4.69, 9.17) is 4.52 Å². The molecule has 0 atom stereocenters. The Kier molecular flexibility index (Phi) is 2.92.